The molecule has 0 fully saturated rings. The van der Waals surface area contributed by atoms with E-state index in [2.05, 4.69) is 5.32 Å². The number of halogens is 1. The number of anilines is 1. The molecule has 0 bridgehead atoms. The van der Waals surface area contributed by atoms with Crippen molar-refractivity contribution >= 4 is 23.2 Å². The van der Waals surface area contributed by atoms with E-state index >= 15 is 0 Å². The summed E-state index contributed by atoms with van der Waals surface area (Å²) in [6.45, 7) is 3.50. The molecule has 2 N–H and O–H groups in total. The van der Waals surface area contributed by atoms with Crippen LogP contribution in [0.1, 0.15) is 12.5 Å². The zero-order chi connectivity index (χ0) is 15.4. The van der Waals surface area contributed by atoms with Gasteiger partial charge in [-0.3, -0.25) is 4.79 Å². The van der Waals surface area contributed by atoms with Crippen LogP contribution in [0.3, 0.4) is 0 Å². The Hall–Kier alpha value is -2.20. The molecule has 2 aromatic rings. The molecule has 4 nitrogen and oxygen atoms in total. The van der Waals surface area contributed by atoms with E-state index in [-0.39, 0.29) is 11.7 Å². The molecule has 1 unspecified atom stereocenters. The van der Waals surface area contributed by atoms with Crippen LogP contribution in [-0.4, -0.2) is 17.1 Å². The Kier molecular flexibility index (Phi) is 4.70. The monoisotopic (exact) mass is 305 g/mol. The second-order valence-electron chi connectivity index (χ2n) is 4.73. The van der Waals surface area contributed by atoms with Gasteiger partial charge in [0, 0.05) is 5.02 Å². The molecule has 0 spiro atoms. The maximum atomic E-state index is 12.1. The number of phenols is 1. The molecule has 0 saturated heterocycles. The fourth-order valence-electron chi connectivity index (χ4n) is 1.78. The van der Waals surface area contributed by atoms with E-state index in [1.807, 2.05) is 6.92 Å². The summed E-state index contributed by atoms with van der Waals surface area (Å²) in [7, 11) is 0. The third kappa shape index (κ3) is 4.13. The standard InChI is InChI=1S/C16H16ClNO3/c1-10-6-7-15(19)14(8-10)18-16(20)11(2)21-13-5-3-4-12(17)9-13/h3-9,11,19H,1-2H3,(H,18,20). The van der Waals surface area contributed by atoms with Crippen molar-refractivity contribution in [3.63, 3.8) is 0 Å². The number of nitrogens with one attached hydrogen (secondary N) is 1. The molecule has 0 aliphatic rings. The second kappa shape index (κ2) is 6.50. The number of aryl methyl sites for hydroxylation is 1. The zero-order valence-corrected chi connectivity index (χ0v) is 12.5. The third-order valence-corrected chi connectivity index (χ3v) is 3.12. The molecule has 0 aliphatic heterocycles. The minimum Gasteiger partial charge on any atom is -0.506 e. The van der Waals surface area contributed by atoms with Gasteiger partial charge in [0.2, 0.25) is 0 Å². The molecule has 1 atom stereocenters. The molecule has 2 aromatic carbocycles. The highest BCUT2D eigenvalue weighted by Gasteiger charge is 2.16. The van der Waals surface area contributed by atoms with Gasteiger partial charge in [-0.15, -0.1) is 0 Å². The minimum absolute atomic E-state index is 0.0175. The van der Waals surface area contributed by atoms with Crippen LogP contribution in [0.15, 0.2) is 42.5 Å². The number of carbonyl (C=O) groups is 1. The van der Waals surface area contributed by atoms with E-state index in [0.29, 0.717) is 16.5 Å². The van der Waals surface area contributed by atoms with E-state index in [4.69, 9.17) is 16.3 Å². The Bertz CT molecular complexity index is 658. The lowest BCUT2D eigenvalue weighted by molar-refractivity contribution is -0.122. The molecule has 21 heavy (non-hydrogen) atoms. The fraction of sp³-hybridized carbons (Fsp3) is 0.188. The lowest BCUT2D eigenvalue weighted by atomic mass is 10.2. The molecular weight excluding hydrogens is 290 g/mol. The Morgan fingerprint density at radius 2 is 2.05 bits per heavy atom. The van der Waals surface area contributed by atoms with E-state index in [1.165, 1.54) is 6.07 Å². The molecule has 5 heteroatoms. The lowest BCUT2D eigenvalue weighted by Gasteiger charge is -2.15. The van der Waals surface area contributed by atoms with Crippen LogP contribution in [0.25, 0.3) is 0 Å². The van der Waals surface area contributed by atoms with E-state index < -0.39 is 6.10 Å². The largest absolute Gasteiger partial charge is 0.506 e. The first-order valence-electron chi connectivity index (χ1n) is 6.48. The molecular formula is C16H16ClNO3. The topological polar surface area (TPSA) is 58.6 Å². The van der Waals surface area contributed by atoms with Gasteiger partial charge < -0.3 is 15.2 Å². The summed E-state index contributed by atoms with van der Waals surface area (Å²) < 4.78 is 5.52. The third-order valence-electron chi connectivity index (χ3n) is 2.89. The van der Waals surface area contributed by atoms with Gasteiger partial charge in [-0.2, -0.15) is 0 Å². The molecule has 1 amide bonds. The molecule has 0 heterocycles. The Balaban J connectivity index is 2.04. The maximum Gasteiger partial charge on any atom is 0.265 e. The van der Waals surface area contributed by atoms with Crippen molar-refractivity contribution in [3.05, 3.63) is 53.1 Å². The van der Waals surface area contributed by atoms with Crippen molar-refractivity contribution in [2.75, 3.05) is 5.32 Å². The van der Waals surface area contributed by atoms with Gasteiger partial charge in [-0.25, -0.2) is 0 Å². The average Bonchev–Trinajstić information content (AvgIpc) is 2.43. The van der Waals surface area contributed by atoms with Crippen LogP contribution < -0.4 is 10.1 Å². The van der Waals surface area contributed by atoms with Crippen LogP contribution in [0.5, 0.6) is 11.5 Å². The number of carbonyl (C=O) groups excluding carboxylic acids is 1. The Morgan fingerprint density at radius 1 is 1.29 bits per heavy atom. The van der Waals surface area contributed by atoms with Gasteiger partial charge in [0.05, 0.1) is 5.69 Å². The van der Waals surface area contributed by atoms with Crippen molar-refractivity contribution in [2.45, 2.75) is 20.0 Å². The van der Waals surface area contributed by atoms with E-state index in [1.54, 1.807) is 43.3 Å². The second-order valence-corrected chi connectivity index (χ2v) is 5.16. The van der Waals surface area contributed by atoms with Crippen molar-refractivity contribution < 1.29 is 14.6 Å². The smallest absolute Gasteiger partial charge is 0.265 e. The molecule has 110 valence electrons. The van der Waals surface area contributed by atoms with Gasteiger partial charge in [-0.1, -0.05) is 23.7 Å². The average molecular weight is 306 g/mol. The molecule has 0 radical (unpaired) electrons. The Morgan fingerprint density at radius 3 is 2.76 bits per heavy atom. The van der Waals surface area contributed by atoms with Crippen LogP contribution >= 0.6 is 11.6 Å². The summed E-state index contributed by atoms with van der Waals surface area (Å²) in [6, 6.07) is 11.8. The van der Waals surface area contributed by atoms with E-state index in [9.17, 15) is 9.90 Å². The predicted octanol–water partition coefficient (Wildman–Crippen LogP) is 3.76. The fourth-order valence-corrected chi connectivity index (χ4v) is 1.96. The van der Waals surface area contributed by atoms with Crippen molar-refractivity contribution in [1.29, 1.82) is 0 Å². The van der Waals surface area contributed by atoms with Crippen LogP contribution in [-0.2, 0) is 4.79 Å². The first-order chi connectivity index (χ1) is 9.95. The number of hydrogen-bond acceptors (Lipinski definition) is 3. The summed E-state index contributed by atoms with van der Waals surface area (Å²) in [5.41, 5.74) is 1.30. The quantitative estimate of drug-likeness (QED) is 0.846. The van der Waals surface area contributed by atoms with Crippen LogP contribution in [0.4, 0.5) is 5.69 Å². The number of aromatic hydroxyl groups is 1. The number of amides is 1. The lowest BCUT2D eigenvalue weighted by Crippen LogP contribution is -2.30. The molecule has 2 rings (SSSR count). The number of rotatable bonds is 4. The molecule has 0 aromatic heterocycles. The summed E-state index contributed by atoms with van der Waals surface area (Å²) in [4.78, 5) is 12.1. The first-order valence-corrected chi connectivity index (χ1v) is 6.86. The van der Waals surface area contributed by atoms with Gasteiger partial charge >= 0.3 is 0 Å². The summed E-state index contributed by atoms with van der Waals surface area (Å²) in [6.07, 6.45) is -0.719. The summed E-state index contributed by atoms with van der Waals surface area (Å²) >= 11 is 5.86. The van der Waals surface area contributed by atoms with Gasteiger partial charge in [-0.05, 0) is 49.7 Å². The maximum absolute atomic E-state index is 12.1. The normalized spacial score (nSPS) is 11.8. The summed E-state index contributed by atoms with van der Waals surface area (Å²) in [5.74, 6) is 0.179. The number of ether oxygens (including phenoxy) is 1. The van der Waals surface area contributed by atoms with Crippen LogP contribution in [0, 0.1) is 6.92 Å². The minimum atomic E-state index is -0.719. The number of hydrogen-bond donors (Lipinski definition) is 2. The highest BCUT2D eigenvalue weighted by atomic mass is 35.5. The number of phenolic OH excluding ortho intramolecular Hbond substituents is 1. The van der Waals surface area contributed by atoms with Gasteiger partial charge in [0.1, 0.15) is 11.5 Å². The highest BCUT2D eigenvalue weighted by molar-refractivity contribution is 6.30. The van der Waals surface area contributed by atoms with Crippen LogP contribution in [0.2, 0.25) is 5.02 Å². The van der Waals surface area contributed by atoms with Crippen molar-refractivity contribution in [2.24, 2.45) is 0 Å². The first kappa shape index (κ1) is 15.2. The Labute approximate surface area is 128 Å². The van der Waals surface area contributed by atoms with Crippen molar-refractivity contribution in [1.82, 2.24) is 0 Å². The summed E-state index contributed by atoms with van der Waals surface area (Å²) in [5, 5.41) is 12.9. The predicted molar refractivity (Wildman–Crippen MR) is 83.0 cm³/mol. The molecule has 0 aliphatic carbocycles. The number of benzene rings is 2. The van der Waals surface area contributed by atoms with Gasteiger partial charge in [0.25, 0.3) is 5.91 Å². The zero-order valence-electron chi connectivity index (χ0n) is 11.8. The van der Waals surface area contributed by atoms with Crippen molar-refractivity contribution in [3.8, 4) is 11.5 Å². The van der Waals surface area contributed by atoms with Gasteiger partial charge in [0.15, 0.2) is 6.10 Å². The SMILES string of the molecule is Cc1ccc(O)c(NC(=O)C(C)Oc2cccc(Cl)c2)c1. The van der Waals surface area contributed by atoms with E-state index in [0.717, 1.165) is 5.56 Å². The highest BCUT2D eigenvalue weighted by Crippen LogP contribution is 2.24. The molecule has 0 saturated carbocycles.